The number of nitrogens with one attached hydrogen (secondary N) is 1. The van der Waals surface area contributed by atoms with E-state index >= 15 is 0 Å². The van der Waals surface area contributed by atoms with Crippen LogP contribution in [0.3, 0.4) is 0 Å². The van der Waals surface area contributed by atoms with Crippen molar-refractivity contribution >= 4 is 15.9 Å². The van der Waals surface area contributed by atoms with E-state index in [1.807, 2.05) is 6.07 Å². The fourth-order valence-electron chi connectivity index (χ4n) is 3.70. The smallest absolute Gasteiger partial charge is 0.253 e. The maximum absolute atomic E-state index is 12.6. The lowest BCUT2D eigenvalue weighted by molar-refractivity contribution is 0.0529. The van der Waals surface area contributed by atoms with Gasteiger partial charge in [0, 0.05) is 25.2 Å². The maximum Gasteiger partial charge on any atom is 0.253 e. The summed E-state index contributed by atoms with van der Waals surface area (Å²) in [6.45, 7) is 0.837. The fraction of sp³-hybridized carbons (Fsp3) is 0.611. The van der Waals surface area contributed by atoms with Gasteiger partial charge in [-0.2, -0.15) is 0 Å². The Balaban J connectivity index is 1.63. The molecule has 1 aliphatic carbocycles. The van der Waals surface area contributed by atoms with Crippen molar-refractivity contribution in [2.24, 2.45) is 0 Å². The van der Waals surface area contributed by atoms with Gasteiger partial charge in [0.05, 0.1) is 10.9 Å². The van der Waals surface area contributed by atoms with Crippen LogP contribution in [0.2, 0.25) is 0 Å². The van der Waals surface area contributed by atoms with Gasteiger partial charge in [-0.15, -0.1) is 0 Å². The van der Waals surface area contributed by atoms with Crippen molar-refractivity contribution in [3.8, 4) is 0 Å². The van der Waals surface area contributed by atoms with Gasteiger partial charge in [0.1, 0.15) is 0 Å². The Kier molecular flexibility index (Phi) is 5.46. The Hall–Kier alpha value is -1.44. The average Bonchev–Trinajstić information content (AvgIpc) is 3.07. The van der Waals surface area contributed by atoms with Crippen LogP contribution in [-0.2, 0) is 10.0 Å². The first-order valence-corrected chi connectivity index (χ1v) is 10.5. The number of likely N-dealkylation sites (tertiary alicyclic amines) is 1. The van der Waals surface area contributed by atoms with E-state index in [2.05, 4.69) is 4.72 Å². The highest BCUT2D eigenvalue weighted by Gasteiger charge is 2.36. The van der Waals surface area contributed by atoms with Gasteiger partial charge in [0.2, 0.25) is 10.0 Å². The summed E-state index contributed by atoms with van der Waals surface area (Å²) in [6.07, 6.45) is 4.33. The van der Waals surface area contributed by atoms with Crippen LogP contribution in [-0.4, -0.2) is 54.8 Å². The molecule has 138 valence electrons. The van der Waals surface area contributed by atoms with Crippen molar-refractivity contribution < 1.29 is 18.3 Å². The molecular formula is C18H26N2O4S. The molecule has 1 aliphatic heterocycles. The zero-order valence-corrected chi connectivity index (χ0v) is 15.2. The lowest BCUT2D eigenvalue weighted by atomic mass is 10.0. The second-order valence-electron chi connectivity index (χ2n) is 7.18. The van der Waals surface area contributed by atoms with Crippen LogP contribution in [0.4, 0.5) is 0 Å². The summed E-state index contributed by atoms with van der Waals surface area (Å²) in [5.74, 6) is -0.130. The SMILES string of the molecule is O=C(c1ccccc1)N1CCC[C@H](S(=O)(=O)NCC2(O)CCCC2)C1. The van der Waals surface area contributed by atoms with E-state index in [1.165, 1.54) is 0 Å². The molecule has 7 heteroatoms. The van der Waals surface area contributed by atoms with Gasteiger partial charge >= 0.3 is 0 Å². The molecule has 2 fully saturated rings. The minimum Gasteiger partial charge on any atom is -0.389 e. The van der Waals surface area contributed by atoms with Gasteiger partial charge < -0.3 is 10.0 Å². The Labute approximate surface area is 149 Å². The minimum absolute atomic E-state index is 0.0679. The largest absolute Gasteiger partial charge is 0.389 e. The van der Waals surface area contributed by atoms with E-state index in [1.54, 1.807) is 29.2 Å². The first-order valence-electron chi connectivity index (χ1n) is 8.95. The van der Waals surface area contributed by atoms with E-state index in [0.717, 1.165) is 12.8 Å². The van der Waals surface area contributed by atoms with Gasteiger partial charge in [-0.3, -0.25) is 4.79 Å². The molecule has 1 saturated heterocycles. The Morgan fingerprint density at radius 2 is 1.88 bits per heavy atom. The van der Waals surface area contributed by atoms with Gasteiger partial charge in [-0.1, -0.05) is 31.0 Å². The zero-order chi connectivity index (χ0) is 17.9. The van der Waals surface area contributed by atoms with Crippen LogP contribution in [0, 0.1) is 0 Å². The topological polar surface area (TPSA) is 86.7 Å². The molecule has 1 amide bonds. The van der Waals surface area contributed by atoms with Crippen LogP contribution in [0.1, 0.15) is 48.9 Å². The molecule has 0 aromatic heterocycles. The lowest BCUT2D eigenvalue weighted by Gasteiger charge is -2.33. The summed E-state index contributed by atoms with van der Waals surface area (Å²) >= 11 is 0. The zero-order valence-electron chi connectivity index (χ0n) is 14.4. The van der Waals surface area contributed by atoms with Gasteiger partial charge in [0.25, 0.3) is 5.91 Å². The number of carbonyl (C=O) groups excluding carboxylic acids is 1. The van der Waals surface area contributed by atoms with Crippen molar-refractivity contribution in [2.75, 3.05) is 19.6 Å². The summed E-state index contributed by atoms with van der Waals surface area (Å²) in [6, 6.07) is 8.94. The Bertz CT molecular complexity index is 699. The number of rotatable bonds is 5. The molecule has 0 unspecified atom stereocenters. The van der Waals surface area contributed by atoms with Crippen LogP contribution in [0.15, 0.2) is 30.3 Å². The van der Waals surface area contributed by atoms with E-state index in [-0.39, 0.29) is 19.0 Å². The van der Waals surface area contributed by atoms with Crippen LogP contribution in [0.25, 0.3) is 0 Å². The minimum atomic E-state index is -3.56. The van der Waals surface area contributed by atoms with Crippen molar-refractivity contribution in [1.82, 2.24) is 9.62 Å². The number of aliphatic hydroxyl groups is 1. The first-order chi connectivity index (χ1) is 11.9. The number of piperidine rings is 1. The second kappa shape index (κ2) is 7.43. The molecule has 1 aromatic carbocycles. The highest BCUT2D eigenvalue weighted by molar-refractivity contribution is 7.90. The second-order valence-corrected chi connectivity index (χ2v) is 9.22. The number of nitrogens with zero attached hydrogens (tertiary/aromatic N) is 1. The molecule has 0 radical (unpaired) electrons. The van der Waals surface area contributed by atoms with Crippen molar-refractivity contribution in [3.05, 3.63) is 35.9 Å². The molecule has 0 bridgehead atoms. The third kappa shape index (κ3) is 4.40. The Morgan fingerprint density at radius 1 is 1.20 bits per heavy atom. The number of carbonyl (C=O) groups is 1. The number of hydrogen-bond donors (Lipinski definition) is 2. The van der Waals surface area contributed by atoms with Crippen LogP contribution < -0.4 is 4.72 Å². The highest BCUT2D eigenvalue weighted by atomic mass is 32.2. The molecule has 1 heterocycles. The molecular weight excluding hydrogens is 340 g/mol. The summed E-state index contributed by atoms with van der Waals surface area (Å²) in [5, 5.41) is 9.72. The summed E-state index contributed by atoms with van der Waals surface area (Å²) in [4.78, 5) is 14.2. The van der Waals surface area contributed by atoms with Gasteiger partial charge in [-0.05, 0) is 37.8 Å². The van der Waals surface area contributed by atoms with Gasteiger partial charge in [-0.25, -0.2) is 13.1 Å². The summed E-state index contributed by atoms with van der Waals surface area (Å²) < 4.78 is 27.9. The van der Waals surface area contributed by atoms with Gasteiger partial charge in [0.15, 0.2) is 0 Å². The van der Waals surface area contributed by atoms with E-state index < -0.39 is 20.9 Å². The number of benzene rings is 1. The molecule has 25 heavy (non-hydrogen) atoms. The quantitative estimate of drug-likeness (QED) is 0.827. The fourth-order valence-corrected chi connectivity index (χ4v) is 5.26. The van der Waals surface area contributed by atoms with Crippen LogP contribution >= 0.6 is 0 Å². The molecule has 3 rings (SSSR count). The maximum atomic E-state index is 12.6. The molecule has 0 spiro atoms. The third-order valence-electron chi connectivity index (χ3n) is 5.26. The normalized spacial score (nSPS) is 23.6. The molecule has 6 nitrogen and oxygen atoms in total. The van der Waals surface area contributed by atoms with Crippen molar-refractivity contribution in [2.45, 2.75) is 49.4 Å². The van der Waals surface area contributed by atoms with Crippen molar-refractivity contribution in [3.63, 3.8) is 0 Å². The lowest BCUT2D eigenvalue weighted by Crippen LogP contribution is -2.50. The molecule has 1 aromatic rings. The highest BCUT2D eigenvalue weighted by Crippen LogP contribution is 2.29. The van der Waals surface area contributed by atoms with E-state index in [4.69, 9.17) is 0 Å². The molecule has 2 aliphatic rings. The first kappa shape index (κ1) is 18.4. The standard InChI is InChI=1S/C18H26N2O4S/c21-17(15-7-2-1-3-8-15)20-12-6-9-16(13-20)25(23,24)19-14-18(22)10-4-5-11-18/h1-3,7-8,16,19,22H,4-6,9-14H2/t16-/m0/s1. The third-order valence-corrected chi connectivity index (χ3v) is 7.07. The monoisotopic (exact) mass is 366 g/mol. The average molecular weight is 366 g/mol. The Morgan fingerprint density at radius 3 is 2.56 bits per heavy atom. The van der Waals surface area contributed by atoms with Crippen molar-refractivity contribution in [1.29, 1.82) is 0 Å². The summed E-state index contributed by atoms with van der Waals surface area (Å²) in [5.41, 5.74) is -0.338. The predicted molar refractivity (Wildman–Crippen MR) is 95.7 cm³/mol. The molecule has 1 atom stereocenters. The number of sulfonamides is 1. The number of amides is 1. The van der Waals surface area contributed by atoms with E-state index in [0.29, 0.717) is 37.8 Å². The van der Waals surface area contributed by atoms with E-state index in [9.17, 15) is 18.3 Å². The predicted octanol–water partition coefficient (Wildman–Crippen LogP) is 1.52. The number of hydrogen-bond acceptors (Lipinski definition) is 4. The molecule has 2 N–H and O–H groups in total. The summed E-state index contributed by atoms with van der Waals surface area (Å²) in [7, 11) is -3.56. The molecule has 1 saturated carbocycles. The van der Waals surface area contributed by atoms with Crippen LogP contribution in [0.5, 0.6) is 0 Å².